The Bertz CT molecular complexity index is 440. The van der Waals surface area contributed by atoms with Crippen molar-refractivity contribution in [2.75, 3.05) is 12.9 Å². The standard InChI is InChI=1S/C10H15NO3S/c1-8-3-4-10(15(2,12)13)7-9(8)5-6-14-11/h3-4,7H,5-6,11H2,1-2H3. The highest BCUT2D eigenvalue weighted by Gasteiger charge is 2.09. The minimum Gasteiger partial charge on any atom is -0.304 e. The molecule has 0 aliphatic carbocycles. The Morgan fingerprint density at radius 1 is 1.40 bits per heavy atom. The SMILES string of the molecule is Cc1ccc(S(C)(=O)=O)cc1CCON. The van der Waals surface area contributed by atoms with E-state index in [9.17, 15) is 8.42 Å². The predicted molar refractivity (Wildman–Crippen MR) is 58.1 cm³/mol. The fraction of sp³-hybridized carbons (Fsp3) is 0.400. The summed E-state index contributed by atoms with van der Waals surface area (Å²) in [5, 5.41) is 0. The first-order valence-corrected chi connectivity index (χ1v) is 6.45. The molecule has 0 fully saturated rings. The Hall–Kier alpha value is -0.910. The van der Waals surface area contributed by atoms with Gasteiger partial charge >= 0.3 is 0 Å². The Morgan fingerprint density at radius 3 is 2.60 bits per heavy atom. The van der Waals surface area contributed by atoms with Gasteiger partial charge in [-0.25, -0.2) is 14.3 Å². The van der Waals surface area contributed by atoms with E-state index in [0.29, 0.717) is 17.9 Å². The first kappa shape index (κ1) is 12.2. The molecule has 0 aliphatic heterocycles. The number of sulfone groups is 1. The Balaban J connectivity index is 3.06. The molecular formula is C10H15NO3S. The lowest BCUT2D eigenvalue weighted by molar-refractivity contribution is 0.141. The molecule has 0 saturated carbocycles. The van der Waals surface area contributed by atoms with Crippen molar-refractivity contribution in [2.24, 2.45) is 5.90 Å². The van der Waals surface area contributed by atoms with Crippen LogP contribution in [0.15, 0.2) is 23.1 Å². The van der Waals surface area contributed by atoms with Crippen molar-refractivity contribution in [1.82, 2.24) is 0 Å². The molecule has 0 heterocycles. The molecule has 0 saturated heterocycles. The Morgan fingerprint density at radius 2 is 2.07 bits per heavy atom. The van der Waals surface area contributed by atoms with Gasteiger partial charge in [-0.2, -0.15) is 0 Å². The van der Waals surface area contributed by atoms with E-state index in [-0.39, 0.29) is 0 Å². The molecule has 2 N–H and O–H groups in total. The molecule has 0 aromatic heterocycles. The minimum absolute atomic E-state index is 0.333. The van der Waals surface area contributed by atoms with Crippen molar-refractivity contribution in [1.29, 1.82) is 0 Å². The van der Waals surface area contributed by atoms with Crippen LogP contribution in [0.25, 0.3) is 0 Å². The van der Waals surface area contributed by atoms with Crippen molar-refractivity contribution in [3.05, 3.63) is 29.3 Å². The second kappa shape index (κ2) is 4.74. The zero-order valence-electron chi connectivity index (χ0n) is 8.86. The lowest BCUT2D eigenvalue weighted by Gasteiger charge is -2.07. The number of rotatable bonds is 4. The highest BCUT2D eigenvalue weighted by atomic mass is 32.2. The van der Waals surface area contributed by atoms with Gasteiger partial charge in [-0.15, -0.1) is 0 Å². The summed E-state index contributed by atoms with van der Waals surface area (Å²) in [5.74, 6) is 4.93. The smallest absolute Gasteiger partial charge is 0.175 e. The van der Waals surface area contributed by atoms with E-state index in [1.54, 1.807) is 18.2 Å². The Kier molecular flexibility index (Phi) is 3.84. The fourth-order valence-corrected chi connectivity index (χ4v) is 1.99. The summed E-state index contributed by atoms with van der Waals surface area (Å²) in [6, 6.07) is 5.07. The van der Waals surface area contributed by atoms with Crippen LogP contribution < -0.4 is 5.90 Å². The molecule has 15 heavy (non-hydrogen) atoms. The summed E-state index contributed by atoms with van der Waals surface area (Å²) in [6.45, 7) is 2.31. The van der Waals surface area contributed by atoms with Crippen LogP contribution in [0.2, 0.25) is 0 Å². The fourth-order valence-electron chi connectivity index (χ4n) is 1.32. The molecule has 0 amide bonds. The van der Waals surface area contributed by atoms with Crippen LogP contribution in [0.4, 0.5) is 0 Å². The van der Waals surface area contributed by atoms with Gasteiger partial charge in [-0.05, 0) is 36.6 Å². The molecular weight excluding hydrogens is 214 g/mol. The van der Waals surface area contributed by atoms with E-state index in [0.717, 1.165) is 11.1 Å². The zero-order valence-corrected chi connectivity index (χ0v) is 9.67. The summed E-state index contributed by atoms with van der Waals surface area (Å²) in [4.78, 5) is 4.81. The highest BCUT2D eigenvalue weighted by Crippen LogP contribution is 2.15. The number of hydrogen-bond donors (Lipinski definition) is 1. The highest BCUT2D eigenvalue weighted by molar-refractivity contribution is 7.90. The van der Waals surface area contributed by atoms with Gasteiger partial charge in [0.25, 0.3) is 0 Å². The maximum atomic E-state index is 11.3. The van der Waals surface area contributed by atoms with Gasteiger partial charge in [-0.3, -0.25) is 0 Å². The van der Waals surface area contributed by atoms with E-state index in [2.05, 4.69) is 4.84 Å². The minimum atomic E-state index is -3.14. The van der Waals surface area contributed by atoms with Gasteiger partial charge in [0.1, 0.15) is 0 Å². The molecule has 0 radical (unpaired) electrons. The summed E-state index contributed by atoms with van der Waals surface area (Å²) >= 11 is 0. The second-order valence-electron chi connectivity index (χ2n) is 3.48. The van der Waals surface area contributed by atoms with Gasteiger partial charge < -0.3 is 4.84 Å². The van der Waals surface area contributed by atoms with Crippen LogP contribution in [0.5, 0.6) is 0 Å². The van der Waals surface area contributed by atoms with Crippen LogP contribution >= 0.6 is 0 Å². The van der Waals surface area contributed by atoms with Crippen molar-refractivity contribution in [3.63, 3.8) is 0 Å². The van der Waals surface area contributed by atoms with Crippen molar-refractivity contribution in [3.8, 4) is 0 Å². The lowest BCUT2D eigenvalue weighted by atomic mass is 10.1. The van der Waals surface area contributed by atoms with E-state index in [4.69, 9.17) is 5.90 Å². The molecule has 4 nitrogen and oxygen atoms in total. The molecule has 0 atom stereocenters. The largest absolute Gasteiger partial charge is 0.304 e. The normalized spacial score (nSPS) is 11.7. The third-order valence-electron chi connectivity index (χ3n) is 2.24. The predicted octanol–water partition coefficient (Wildman–Crippen LogP) is 0.831. The quantitative estimate of drug-likeness (QED) is 0.776. The third kappa shape index (κ3) is 3.30. The first-order valence-electron chi connectivity index (χ1n) is 4.56. The molecule has 5 heteroatoms. The van der Waals surface area contributed by atoms with E-state index >= 15 is 0 Å². The topological polar surface area (TPSA) is 69.4 Å². The number of hydrogen-bond acceptors (Lipinski definition) is 4. The number of benzene rings is 1. The van der Waals surface area contributed by atoms with Crippen LogP contribution in [-0.2, 0) is 21.1 Å². The molecule has 0 aliphatic rings. The molecule has 1 rings (SSSR count). The number of nitrogens with two attached hydrogens (primary N) is 1. The van der Waals surface area contributed by atoms with E-state index < -0.39 is 9.84 Å². The van der Waals surface area contributed by atoms with Crippen LogP contribution in [-0.4, -0.2) is 21.3 Å². The second-order valence-corrected chi connectivity index (χ2v) is 5.50. The van der Waals surface area contributed by atoms with Gasteiger partial charge in [-0.1, -0.05) is 6.07 Å². The zero-order chi connectivity index (χ0) is 11.5. The summed E-state index contributed by atoms with van der Waals surface area (Å²) in [7, 11) is -3.14. The lowest BCUT2D eigenvalue weighted by Crippen LogP contribution is -2.06. The average Bonchev–Trinajstić information content (AvgIpc) is 2.15. The monoisotopic (exact) mass is 229 g/mol. The van der Waals surface area contributed by atoms with Crippen molar-refractivity contribution in [2.45, 2.75) is 18.2 Å². The molecule has 0 spiro atoms. The summed E-state index contributed by atoms with van der Waals surface area (Å²) in [5.41, 5.74) is 1.99. The van der Waals surface area contributed by atoms with Crippen LogP contribution in [0.3, 0.4) is 0 Å². The first-order chi connectivity index (χ1) is 6.95. The maximum Gasteiger partial charge on any atom is 0.175 e. The van der Waals surface area contributed by atoms with Crippen molar-refractivity contribution >= 4 is 9.84 Å². The molecule has 84 valence electrons. The van der Waals surface area contributed by atoms with Crippen LogP contribution in [0.1, 0.15) is 11.1 Å². The molecule has 1 aromatic rings. The van der Waals surface area contributed by atoms with E-state index in [1.807, 2.05) is 6.92 Å². The van der Waals surface area contributed by atoms with E-state index in [1.165, 1.54) is 6.26 Å². The van der Waals surface area contributed by atoms with Gasteiger partial charge in [0.2, 0.25) is 0 Å². The van der Waals surface area contributed by atoms with Gasteiger partial charge in [0, 0.05) is 6.26 Å². The van der Waals surface area contributed by atoms with Crippen molar-refractivity contribution < 1.29 is 13.3 Å². The molecule has 0 bridgehead atoms. The summed E-state index contributed by atoms with van der Waals surface area (Å²) < 4.78 is 22.6. The maximum absolute atomic E-state index is 11.3. The van der Waals surface area contributed by atoms with Gasteiger partial charge in [0.05, 0.1) is 11.5 Å². The number of aryl methyl sites for hydroxylation is 1. The van der Waals surface area contributed by atoms with Gasteiger partial charge in [0.15, 0.2) is 9.84 Å². The van der Waals surface area contributed by atoms with Crippen LogP contribution in [0, 0.1) is 6.92 Å². The molecule has 0 unspecified atom stereocenters. The molecule has 1 aromatic carbocycles. The average molecular weight is 229 g/mol. The Labute approximate surface area is 89.9 Å². The third-order valence-corrected chi connectivity index (χ3v) is 3.35. The summed E-state index contributed by atoms with van der Waals surface area (Å²) in [6.07, 6.45) is 1.81.